The first kappa shape index (κ1) is 22.8. The Balaban J connectivity index is 2.63. The number of rotatable bonds is 8. The van der Waals surface area contributed by atoms with Crippen LogP contribution in [0.2, 0.25) is 0 Å². The van der Waals surface area contributed by atoms with E-state index in [1.165, 1.54) is 12.2 Å². The van der Waals surface area contributed by atoms with Gasteiger partial charge >= 0.3 is 11.9 Å². The molecule has 8 nitrogen and oxygen atoms in total. The molecule has 1 rings (SSSR count). The van der Waals surface area contributed by atoms with Crippen molar-refractivity contribution in [3.05, 3.63) is 12.2 Å². The van der Waals surface area contributed by atoms with Gasteiger partial charge in [-0.3, -0.25) is 29.0 Å². The molecule has 0 aromatic heterocycles. The normalized spacial score (nSPS) is 14.9. The van der Waals surface area contributed by atoms with Gasteiger partial charge in [-0.1, -0.05) is 0 Å². The molecule has 0 fully saturated rings. The molecule has 1 aliphatic rings. The molecular formula is C19H30N2O6. The van der Waals surface area contributed by atoms with Crippen LogP contribution in [0.3, 0.4) is 0 Å². The molecule has 8 heteroatoms. The van der Waals surface area contributed by atoms with Crippen molar-refractivity contribution in [3.8, 4) is 0 Å². The number of hydrogen-bond acceptors (Lipinski definition) is 7. The topological polar surface area (TPSA) is 93.2 Å². The zero-order chi connectivity index (χ0) is 20.8. The minimum Gasteiger partial charge on any atom is -0.459 e. The van der Waals surface area contributed by atoms with Gasteiger partial charge in [-0.2, -0.15) is 0 Å². The fraction of sp³-hybridized carbons (Fsp3) is 0.684. The van der Waals surface area contributed by atoms with Crippen molar-refractivity contribution in [1.82, 2.24) is 9.80 Å². The van der Waals surface area contributed by atoms with Crippen molar-refractivity contribution < 1.29 is 28.7 Å². The second-order valence-corrected chi connectivity index (χ2v) is 8.40. The van der Waals surface area contributed by atoms with Crippen LogP contribution in [0.1, 0.15) is 48.0 Å². The van der Waals surface area contributed by atoms with E-state index in [0.717, 1.165) is 4.90 Å². The van der Waals surface area contributed by atoms with Crippen molar-refractivity contribution in [2.45, 2.75) is 59.2 Å². The van der Waals surface area contributed by atoms with Gasteiger partial charge in [0.1, 0.15) is 11.2 Å². The van der Waals surface area contributed by atoms with E-state index in [0.29, 0.717) is 13.0 Å². The van der Waals surface area contributed by atoms with E-state index >= 15 is 0 Å². The predicted octanol–water partition coefficient (Wildman–Crippen LogP) is 1.29. The summed E-state index contributed by atoms with van der Waals surface area (Å²) in [4.78, 5) is 50.1. The molecule has 152 valence electrons. The molecule has 0 saturated carbocycles. The molecule has 0 unspecified atom stereocenters. The van der Waals surface area contributed by atoms with E-state index in [1.807, 2.05) is 0 Å². The standard InChI is InChI=1S/C19H30N2O6/c1-18(2,3)26-16(24)12-20(13-17(25)27-19(4,5)6)10-7-11-21-14(22)8-9-15(21)23/h8-9H,7,10-13H2,1-6H3. The van der Waals surface area contributed by atoms with Gasteiger partial charge in [-0.15, -0.1) is 0 Å². The van der Waals surface area contributed by atoms with E-state index in [2.05, 4.69) is 0 Å². The molecule has 0 saturated heterocycles. The van der Waals surface area contributed by atoms with E-state index in [4.69, 9.17) is 9.47 Å². The predicted molar refractivity (Wildman–Crippen MR) is 98.6 cm³/mol. The molecule has 27 heavy (non-hydrogen) atoms. The van der Waals surface area contributed by atoms with Crippen molar-refractivity contribution >= 4 is 23.8 Å². The molecule has 0 aliphatic carbocycles. The molecule has 0 bridgehead atoms. The van der Waals surface area contributed by atoms with Crippen LogP contribution in [0.25, 0.3) is 0 Å². The van der Waals surface area contributed by atoms with Crippen LogP contribution >= 0.6 is 0 Å². The highest BCUT2D eigenvalue weighted by molar-refractivity contribution is 6.12. The summed E-state index contributed by atoms with van der Waals surface area (Å²) in [5.41, 5.74) is -1.26. The summed E-state index contributed by atoms with van der Waals surface area (Å²) in [5, 5.41) is 0. The third kappa shape index (κ3) is 9.33. The maximum atomic E-state index is 12.1. The van der Waals surface area contributed by atoms with Gasteiger partial charge in [0.25, 0.3) is 11.8 Å². The lowest BCUT2D eigenvalue weighted by Crippen LogP contribution is -2.41. The Morgan fingerprint density at radius 3 is 1.67 bits per heavy atom. The molecule has 1 heterocycles. The van der Waals surface area contributed by atoms with Gasteiger partial charge in [-0.05, 0) is 48.0 Å². The summed E-state index contributed by atoms with van der Waals surface area (Å²) in [6.07, 6.45) is 2.87. The number of imide groups is 1. The second-order valence-electron chi connectivity index (χ2n) is 8.40. The number of carbonyl (C=O) groups excluding carboxylic acids is 4. The zero-order valence-electron chi connectivity index (χ0n) is 17.0. The minimum absolute atomic E-state index is 0.0867. The molecular weight excluding hydrogens is 352 g/mol. The molecule has 0 aromatic rings. The average molecular weight is 382 g/mol. The third-order valence-corrected chi connectivity index (χ3v) is 3.30. The van der Waals surface area contributed by atoms with Crippen LogP contribution in [-0.4, -0.2) is 70.9 Å². The van der Waals surface area contributed by atoms with Gasteiger partial charge in [0.2, 0.25) is 0 Å². The Morgan fingerprint density at radius 1 is 0.889 bits per heavy atom. The Bertz CT molecular complexity index is 565. The molecule has 0 aromatic carbocycles. The monoisotopic (exact) mass is 382 g/mol. The van der Waals surface area contributed by atoms with Gasteiger partial charge in [0.15, 0.2) is 0 Å². The van der Waals surface area contributed by atoms with Crippen molar-refractivity contribution in [1.29, 1.82) is 0 Å². The molecule has 0 radical (unpaired) electrons. The summed E-state index contributed by atoms with van der Waals surface area (Å²) in [7, 11) is 0. The number of nitrogens with zero attached hydrogens (tertiary/aromatic N) is 2. The van der Waals surface area contributed by atoms with Crippen LogP contribution in [0.5, 0.6) is 0 Å². The van der Waals surface area contributed by atoms with Crippen LogP contribution in [0, 0.1) is 0 Å². The van der Waals surface area contributed by atoms with Gasteiger partial charge in [-0.25, -0.2) is 0 Å². The number of esters is 2. The SMILES string of the molecule is CC(C)(C)OC(=O)CN(CCCN1C(=O)C=CC1=O)CC(=O)OC(C)(C)C. The first-order chi connectivity index (χ1) is 12.3. The van der Waals surface area contributed by atoms with Crippen molar-refractivity contribution in [3.63, 3.8) is 0 Å². The maximum absolute atomic E-state index is 12.1. The summed E-state index contributed by atoms with van der Waals surface area (Å²) in [6.45, 7) is 11.0. The highest BCUT2D eigenvalue weighted by Crippen LogP contribution is 2.11. The van der Waals surface area contributed by atoms with Crippen LogP contribution in [0.4, 0.5) is 0 Å². The van der Waals surface area contributed by atoms with Gasteiger partial charge in [0, 0.05) is 25.2 Å². The first-order valence-electron chi connectivity index (χ1n) is 8.96. The molecule has 2 amide bonds. The van der Waals surface area contributed by atoms with Crippen LogP contribution in [0.15, 0.2) is 12.2 Å². The lowest BCUT2D eigenvalue weighted by Gasteiger charge is -2.26. The summed E-state index contributed by atoms with van der Waals surface area (Å²) in [5.74, 6) is -1.63. The third-order valence-electron chi connectivity index (χ3n) is 3.30. The van der Waals surface area contributed by atoms with E-state index in [9.17, 15) is 19.2 Å². The highest BCUT2D eigenvalue weighted by atomic mass is 16.6. The minimum atomic E-state index is -0.630. The number of ether oxygens (including phenoxy) is 2. The fourth-order valence-electron chi connectivity index (χ4n) is 2.43. The number of hydrogen-bond donors (Lipinski definition) is 0. The van der Waals surface area contributed by atoms with Crippen LogP contribution < -0.4 is 0 Å². The number of amides is 2. The van der Waals surface area contributed by atoms with E-state index < -0.39 is 23.1 Å². The largest absolute Gasteiger partial charge is 0.459 e. The Kier molecular flexibility index (Phi) is 7.71. The lowest BCUT2D eigenvalue weighted by atomic mass is 10.2. The molecule has 0 spiro atoms. The smallest absolute Gasteiger partial charge is 0.320 e. The number of carbonyl (C=O) groups is 4. The molecule has 1 aliphatic heterocycles. The summed E-state index contributed by atoms with van der Waals surface area (Å²) in [6, 6.07) is 0. The van der Waals surface area contributed by atoms with Gasteiger partial charge in [0.05, 0.1) is 13.1 Å². The Hall–Kier alpha value is -2.22. The second kappa shape index (κ2) is 9.12. The lowest BCUT2D eigenvalue weighted by molar-refractivity contribution is -0.160. The van der Waals surface area contributed by atoms with Crippen molar-refractivity contribution in [2.75, 3.05) is 26.2 Å². The highest BCUT2D eigenvalue weighted by Gasteiger charge is 2.25. The molecule has 0 atom stereocenters. The fourth-order valence-corrected chi connectivity index (χ4v) is 2.43. The van der Waals surface area contributed by atoms with E-state index in [-0.39, 0.29) is 31.4 Å². The Morgan fingerprint density at radius 2 is 1.30 bits per heavy atom. The maximum Gasteiger partial charge on any atom is 0.320 e. The van der Waals surface area contributed by atoms with Crippen molar-refractivity contribution in [2.24, 2.45) is 0 Å². The molecule has 0 N–H and O–H groups in total. The van der Waals surface area contributed by atoms with Gasteiger partial charge < -0.3 is 9.47 Å². The average Bonchev–Trinajstić information content (AvgIpc) is 2.74. The van der Waals surface area contributed by atoms with E-state index in [1.54, 1.807) is 46.4 Å². The Labute approximate surface area is 160 Å². The first-order valence-corrected chi connectivity index (χ1v) is 8.96. The summed E-state index contributed by atoms with van der Waals surface area (Å²) >= 11 is 0. The zero-order valence-corrected chi connectivity index (χ0v) is 17.0. The summed E-state index contributed by atoms with van der Waals surface area (Å²) < 4.78 is 10.6. The quantitative estimate of drug-likeness (QED) is 0.461. The van der Waals surface area contributed by atoms with Crippen LogP contribution in [-0.2, 0) is 28.7 Å².